The molecule has 172 valence electrons. The van der Waals surface area contributed by atoms with E-state index in [1.807, 2.05) is 12.1 Å². The van der Waals surface area contributed by atoms with E-state index in [1.165, 1.54) is 12.1 Å². The Balaban J connectivity index is 1.59. The zero-order valence-corrected chi connectivity index (χ0v) is 17.7. The number of aromatic nitrogens is 1. The Morgan fingerprint density at radius 3 is 2.69 bits per heavy atom. The van der Waals surface area contributed by atoms with Crippen LogP contribution >= 0.6 is 0 Å². The van der Waals surface area contributed by atoms with Crippen LogP contribution in [0.3, 0.4) is 0 Å². The highest BCUT2D eigenvalue weighted by atomic mass is 19.4. The van der Waals surface area contributed by atoms with Crippen LogP contribution in [0.4, 0.5) is 18.9 Å². The molecule has 32 heavy (non-hydrogen) atoms. The van der Waals surface area contributed by atoms with Gasteiger partial charge < -0.3 is 19.1 Å². The Kier molecular flexibility index (Phi) is 8.10. The van der Waals surface area contributed by atoms with Gasteiger partial charge in [0.2, 0.25) is 0 Å². The van der Waals surface area contributed by atoms with Crippen LogP contribution in [-0.4, -0.2) is 49.7 Å². The van der Waals surface area contributed by atoms with Gasteiger partial charge in [0.15, 0.2) is 0 Å². The molecular weight excluding hydrogens is 425 g/mol. The van der Waals surface area contributed by atoms with E-state index in [-0.39, 0.29) is 17.8 Å². The van der Waals surface area contributed by atoms with Gasteiger partial charge in [0.05, 0.1) is 31.2 Å². The first-order valence-corrected chi connectivity index (χ1v) is 10.3. The van der Waals surface area contributed by atoms with Crippen molar-refractivity contribution in [1.29, 1.82) is 0 Å². The fraction of sp³-hybridized carbons (Fsp3) is 0.391. The number of halogens is 3. The van der Waals surface area contributed by atoms with Crippen LogP contribution in [-0.2, 0) is 14.3 Å². The van der Waals surface area contributed by atoms with Gasteiger partial charge in [-0.1, -0.05) is 24.3 Å². The van der Waals surface area contributed by atoms with E-state index in [4.69, 9.17) is 9.47 Å². The molecule has 1 fully saturated rings. The van der Waals surface area contributed by atoms with E-state index >= 15 is 0 Å². The SMILES string of the molecule is CCOC(=O)CCC1CN(c2cncc(/C=C/c3ccc(OC(F)(F)F)cc3)c2)CCO1. The molecule has 2 heterocycles. The number of carbonyl (C=O) groups is 1. The van der Waals surface area contributed by atoms with E-state index < -0.39 is 6.36 Å². The molecule has 1 unspecified atom stereocenters. The van der Waals surface area contributed by atoms with Crippen molar-refractivity contribution in [2.24, 2.45) is 0 Å². The molecule has 0 aliphatic carbocycles. The van der Waals surface area contributed by atoms with Crippen LogP contribution in [0.1, 0.15) is 30.9 Å². The average molecular weight is 450 g/mol. The molecule has 0 bridgehead atoms. The summed E-state index contributed by atoms with van der Waals surface area (Å²) >= 11 is 0. The number of morpholine rings is 1. The second-order valence-electron chi connectivity index (χ2n) is 7.21. The zero-order valence-electron chi connectivity index (χ0n) is 17.7. The third kappa shape index (κ3) is 7.56. The Morgan fingerprint density at radius 2 is 1.97 bits per heavy atom. The standard InChI is InChI=1S/C23H25F3N2O4/c1-2-30-22(29)10-9-21-16-28(11-12-31-21)19-13-18(14-27-15-19)4-3-17-5-7-20(8-6-17)32-23(24,25)26/h3-8,13-15,21H,2,9-12,16H2,1H3/b4-3+. The highest BCUT2D eigenvalue weighted by Gasteiger charge is 2.30. The van der Waals surface area contributed by atoms with E-state index in [0.717, 1.165) is 16.8 Å². The molecule has 1 saturated heterocycles. The first-order valence-electron chi connectivity index (χ1n) is 10.3. The second kappa shape index (κ2) is 11.0. The number of rotatable bonds is 8. The Labute approximate surface area is 184 Å². The lowest BCUT2D eigenvalue weighted by molar-refractivity contribution is -0.274. The molecule has 1 aromatic heterocycles. The summed E-state index contributed by atoms with van der Waals surface area (Å²) in [4.78, 5) is 18.0. The van der Waals surface area contributed by atoms with Crippen LogP contribution in [0, 0.1) is 0 Å². The maximum atomic E-state index is 12.3. The minimum Gasteiger partial charge on any atom is -0.466 e. The van der Waals surface area contributed by atoms with E-state index in [9.17, 15) is 18.0 Å². The molecular formula is C23H25F3N2O4. The number of nitrogens with zero attached hydrogens (tertiary/aromatic N) is 2. The molecule has 0 N–H and O–H groups in total. The topological polar surface area (TPSA) is 60.9 Å². The number of hydrogen-bond donors (Lipinski definition) is 0. The normalized spacial score (nSPS) is 16.9. The molecule has 0 spiro atoms. The molecule has 3 rings (SSSR count). The zero-order chi connectivity index (χ0) is 23.0. The molecule has 1 aromatic carbocycles. The molecule has 1 aliphatic heterocycles. The molecule has 9 heteroatoms. The van der Waals surface area contributed by atoms with Gasteiger partial charge in [-0.05, 0) is 42.7 Å². The molecule has 0 radical (unpaired) electrons. The number of anilines is 1. The summed E-state index contributed by atoms with van der Waals surface area (Å²) in [6.45, 7) is 4.07. The average Bonchev–Trinajstić information content (AvgIpc) is 2.77. The smallest absolute Gasteiger partial charge is 0.466 e. The summed E-state index contributed by atoms with van der Waals surface area (Å²) in [5, 5.41) is 0. The van der Waals surface area contributed by atoms with Gasteiger partial charge in [0, 0.05) is 25.7 Å². The minimum atomic E-state index is -4.71. The number of ether oxygens (including phenoxy) is 3. The fourth-order valence-corrected chi connectivity index (χ4v) is 3.32. The molecule has 6 nitrogen and oxygen atoms in total. The Morgan fingerprint density at radius 1 is 1.22 bits per heavy atom. The van der Waals surface area contributed by atoms with Gasteiger partial charge in [-0.15, -0.1) is 13.2 Å². The van der Waals surface area contributed by atoms with Crippen molar-refractivity contribution < 1.29 is 32.2 Å². The van der Waals surface area contributed by atoms with Gasteiger partial charge in [-0.25, -0.2) is 0 Å². The van der Waals surface area contributed by atoms with Crippen molar-refractivity contribution in [3.8, 4) is 5.75 Å². The third-order valence-corrected chi connectivity index (χ3v) is 4.81. The molecule has 0 saturated carbocycles. The number of carbonyl (C=O) groups excluding carboxylic acids is 1. The monoisotopic (exact) mass is 450 g/mol. The minimum absolute atomic E-state index is 0.0650. The largest absolute Gasteiger partial charge is 0.573 e. The second-order valence-corrected chi connectivity index (χ2v) is 7.21. The molecule has 1 atom stereocenters. The number of pyridine rings is 1. The van der Waals surface area contributed by atoms with Crippen LogP contribution in [0.5, 0.6) is 5.75 Å². The van der Waals surface area contributed by atoms with Crippen molar-refractivity contribution in [2.45, 2.75) is 32.2 Å². The van der Waals surface area contributed by atoms with Crippen molar-refractivity contribution >= 4 is 23.8 Å². The first kappa shape index (κ1) is 23.6. The lowest BCUT2D eigenvalue weighted by Gasteiger charge is -2.34. The quantitative estimate of drug-likeness (QED) is 0.544. The van der Waals surface area contributed by atoms with E-state index in [0.29, 0.717) is 39.1 Å². The fourth-order valence-electron chi connectivity index (χ4n) is 3.32. The highest BCUT2D eigenvalue weighted by Crippen LogP contribution is 2.24. The van der Waals surface area contributed by atoms with Gasteiger partial charge in [-0.3, -0.25) is 9.78 Å². The number of esters is 1. The third-order valence-electron chi connectivity index (χ3n) is 4.81. The first-order chi connectivity index (χ1) is 15.3. The molecule has 0 amide bonds. The number of hydrogen-bond acceptors (Lipinski definition) is 6. The predicted octanol–water partition coefficient (Wildman–Crippen LogP) is 4.70. The van der Waals surface area contributed by atoms with Crippen molar-refractivity contribution in [3.63, 3.8) is 0 Å². The summed E-state index contributed by atoms with van der Waals surface area (Å²) in [7, 11) is 0. The van der Waals surface area contributed by atoms with Crippen LogP contribution in [0.15, 0.2) is 42.7 Å². The summed E-state index contributed by atoms with van der Waals surface area (Å²) in [5.41, 5.74) is 2.52. The summed E-state index contributed by atoms with van der Waals surface area (Å²) in [5.74, 6) is -0.483. The summed E-state index contributed by atoms with van der Waals surface area (Å²) in [6, 6.07) is 7.62. The number of benzene rings is 1. The maximum Gasteiger partial charge on any atom is 0.573 e. The van der Waals surface area contributed by atoms with Crippen molar-refractivity contribution in [2.75, 3.05) is 31.2 Å². The predicted molar refractivity (Wildman–Crippen MR) is 114 cm³/mol. The highest BCUT2D eigenvalue weighted by molar-refractivity contribution is 5.71. The summed E-state index contributed by atoms with van der Waals surface area (Å²) < 4.78 is 51.4. The lowest BCUT2D eigenvalue weighted by Crippen LogP contribution is -2.42. The molecule has 2 aromatic rings. The van der Waals surface area contributed by atoms with E-state index in [1.54, 1.807) is 37.5 Å². The van der Waals surface area contributed by atoms with Gasteiger partial charge >= 0.3 is 12.3 Å². The van der Waals surface area contributed by atoms with Gasteiger partial charge in [0.1, 0.15) is 5.75 Å². The van der Waals surface area contributed by atoms with Crippen LogP contribution in [0.25, 0.3) is 12.2 Å². The number of alkyl halides is 3. The Bertz CT molecular complexity index is 916. The van der Waals surface area contributed by atoms with Crippen LogP contribution in [0.2, 0.25) is 0 Å². The van der Waals surface area contributed by atoms with Crippen molar-refractivity contribution in [3.05, 3.63) is 53.9 Å². The summed E-state index contributed by atoms with van der Waals surface area (Å²) in [6.07, 6.45) is 3.25. The van der Waals surface area contributed by atoms with Crippen molar-refractivity contribution in [1.82, 2.24) is 4.98 Å². The lowest BCUT2D eigenvalue weighted by atomic mass is 10.1. The van der Waals surface area contributed by atoms with E-state index in [2.05, 4.69) is 14.6 Å². The Hall–Kier alpha value is -3.07. The maximum absolute atomic E-state index is 12.3. The molecule has 1 aliphatic rings. The van der Waals surface area contributed by atoms with Gasteiger partial charge in [0.25, 0.3) is 0 Å². The van der Waals surface area contributed by atoms with Gasteiger partial charge in [-0.2, -0.15) is 0 Å². The van der Waals surface area contributed by atoms with Crippen LogP contribution < -0.4 is 9.64 Å².